The van der Waals surface area contributed by atoms with Crippen molar-refractivity contribution in [3.05, 3.63) is 33.0 Å². The molecule has 0 aromatic carbocycles. The first-order valence-electron chi connectivity index (χ1n) is 4.18. The molecular formula is C9H5BrCl2N2OS. The van der Waals surface area contributed by atoms with E-state index in [1.807, 2.05) is 0 Å². The Morgan fingerprint density at radius 1 is 1.44 bits per heavy atom. The number of nitrogens with zero attached hydrogens (tertiary/aromatic N) is 2. The molecule has 0 saturated heterocycles. The molecule has 0 aliphatic rings. The first kappa shape index (κ1) is 12.1. The van der Waals surface area contributed by atoms with Crippen molar-refractivity contribution in [2.45, 2.75) is 5.88 Å². The number of halogens is 3. The Labute approximate surface area is 115 Å². The van der Waals surface area contributed by atoms with E-state index in [0.717, 1.165) is 9.35 Å². The molecule has 16 heavy (non-hydrogen) atoms. The Hall–Kier alpha value is -0.360. The molecule has 0 amide bonds. The molecule has 0 N–H and O–H groups in total. The van der Waals surface area contributed by atoms with E-state index in [9.17, 15) is 0 Å². The fourth-order valence-corrected chi connectivity index (χ4v) is 2.67. The summed E-state index contributed by atoms with van der Waals surface area (Å²) in [6.07, 6.45) is 3.27. The number of alkyl halides is 1. The molecule has 7 heteroatoms. The van der Waals surface area contributed by atoms with Crippen LogP contribution in [-0.2, 0) is 5.88 Å². The lowest BCUT2D eigenvalue weighted by Crippen LogP contribution is -1.83. The number of ether oxygens (including phenoxy) is 1. The topological polar surface area (TPSA) is 35.0 Å². The average molecular weight is 340 g/mol. The van der Waals surface area contributed by atoms with Gasteiger partial charge in [0.2, 0.25) is 0 Å². The highest BCUT2D eigenvalue weighted by Gasteiger charge is 2.10. The summed E-state index contributed by atoms with van der Waals surface area (Å²) in [6.45, 7) is 0. The van der Waals surface area contributed by atoms with Gasteiger partial charge >= 0.3 is 0 Å². The molecule has 0 fully saturated rings. The monoisotopic (exact) mass is 338 g/mol. The van der Waals surface area contributed by atoms with E-state index in [1.165, 1.54) is 11.3 Å². The standard InChI is InChI=1S/C9H5BrCl2N2OS/c10-5-1-6(4-13-3-5)15-9-14-8(12)7(2-11)16-9/h1,3-4H,2H2. The van der Waals surface area contributed by atoms with E-state index in [4.69, 9.17) is 27.9 Å². The van der Waals surface area contributed by atoms with Crippen LogP contribution in [0.2, 0.25) is 5.15 Å². The summed E-state index contributed by atoms with van der Waals surface area (Å²) in [5.41, 5.74) is 0. The van der Waals surface area contributed by atoms with Gasteiger partial charge in [0.05, 0.1) is 17.0 Å². The minimum absolute atomic E-state index is 0.330. The Morgan fingerprint density at radius 2 is 2.25 bits per heavy atom. The normalized spacial score (nSPS) is 10.4. The second-order valence-corrected chi connectivity index (χ2v) is 5.36. The van der Waals surface area contributed by atoms with Crippen LogP contribution in [0.5, 0.6) is 10.9 Å². The molecule has 0 bridgehead atoms. The maximum atomic E-state index is 5.85. The van der Waals surface area contributed by atoms with Crippen LogP contribution in [0.25, 0.3) is 0 Å². The Balaban J connectivity index is 2.20. The van der Waals surface area contributed by atoms with Crippen LogP contribution in [0.3, 0.4) is 0 Å². The van der Waals surface area contributed by atoms with Crippen LogP contribution in [0.1, 0.15) is 4.88 Å². The van der Waals surface area contributed by atoms with E-state index in [-0.39, 0.29) is 0 Å². The SMILES string of the molecule is ClCc1sc(Oc2cncc(Br)c2)nc1Cl. The van der Waals surface area contributed by atoms with Crippen LogP contribution < -0.4 is 4.74 Å². The van der Waals surface area contributed by atoms with Crippen LogP contribution in [0.15, 0.2) is 22.9 Å². The van der Waals surface area contributed by atoms with Crippen LogP contribution in [0, 0.1) is 0 Å². The molecule has 0 spiro atoms. The van der Waals surface area contributed by atoms with Crippen molar-refractivity contribution in [2.75, 3.05) is 0 Å². The first-order chi connectivity index (χ1) is 7.69. The van der Waals surface area contributed by atoms with E-state index >= 15 is 0 Å². The first-order valence-corrected chi connectivity index (χ1v) is 6.71. The summed E-state index contributed by atoms with van der Waals surface area (Å²) in [5, 5.41) is 0.846. The van der Waals surface area contributed by atoms with Crippen LogP contribution in [0.4, 0.5) is 0 Å². The number of hydrogen-bond donors (Lipinski definition) is 0. The van der Waals surface area contributed by atoms with Gasteiger partial charge in [-0.2, -0.15) is 4.98 Å². The molecular weight excluding hydrogens is 335 g/mol. The predicted octanol–water partition coefficient (Wildman–Crippen LogP) is 4.49. The number of aromatic nitrogens is 2. The number of hydrogen-bond acceptors (Lipinski definition) is 4. The van der Waals surface area contributed by atoms with Crippen molar-refractivity contribution in [1.82, 2.24) is 9.97 Å². The summed E-state index contributed by atoms with van der Waals surface area (Å²) >= 11 is 16.2. The van der Waals surface area contributed by atoms with Crippen molar-refractivity contribution >= 4 is 50.5 Å². The third-order valence-corrected chi connectivity index (χ3v) is 3.85. The zero-order valence-electron chi connectivity index (χ0n) is 7.78. The molecule has 2 aromatic heterocycles. The molecule has 0 unspecified atom stereocenters. The van der Waals surface area contributed by atoms with Gasteiger partial charge in [-0.3, -0.25) is 4.98 Å². The highest BCUT2D eigenvalue weighted by molar-refractivity contribution is 9.10. The smallest absolute Gasteiger partial charge is 0.280 e. The highest BCUT2D eigenvalue weighted by Crippen LogP contribution is 2.33. The zero-order chi connectivity index (χ0) is 11.5. The van der Waals surface area contributed by atoms with Gasteiger partial charge < -0.3 is 4.74 Å². The van der Waals surface area contributed by atoms with Crippen LogP contribution >= 0.6 is 50.5 Å². The molecule has 2 heterocycles. The minimum atomic E-state index is 0.330. The molecule has 84 valence electrons. The Bertz CT molecular complexity index is 506. The lowest BCUT2D eigenvalue weighted by Gasteiger charge is -2.00. The van der Waals surface area contributed by atoms with Crippen LogP contribution in [-0.4, -0.2) is 9.97 Å². The predicted molar refractivity (Wildman–Crippen MR) is 68.7 cm³/mol. The fourth-order valence-electron chi connectivity index (χ4n) is 0.988. The lowest BCUT2D eigenvalue weighted by molar-refractivity contribution is 0.476. The third kappa shape index (κ3) is 2.85. The summed E-state index contributed by atoms with van der Waals surface area (Å²) in [6, 6.07) is 1.79. The molecule has 0 radical (unpaired) electrons. The molecule has 3 nitrogen and oxygen atoms in total. The molecule has 2 rings (SSSR count). The summed E-state index contributed by atoms with van der Waals surface area (Å²) < 4.78 is 6.33. The van der Waals surface area contributed by atoms with Crippen molar-refractivity contribution < 1.29 is 4.74 Å². The summed E-state index contributed by atoms with van der Waals surface area (Å²) in [7, 11) is 0. The summed E-state index contributed by atoms with van der Waals surface area (Å²) in [4.78, 5) is 8.81. The van der Waals surface area contributed by atoms with Crippen molar-refractivity contribution in [2.24, 2.45) is 0 Å². The largest absolute Gasteiger partial charge is 0.429 e. The number of rotatable bonds is 3. The maximum absolute atomic E-state index is 5.85. The number of pyridine rings is 1. The molecule has 2 aromatic rings. The molecule has 0 aliphatic carbocycles. The molecule has 0 aliphatic heterocycles. The van der Waals surface area contributed by atoms with Gasteiger partial charge in [0, 0.05) is 10.7 Å². The summed E-state index contributed by atoms with van der Waals surface area (Å²) in [5.74, 6) is 0.928. The van der Waals surface area contributed by atoms with Gasteiger partial charge in [0.1, 0.15) is 10.9 Å². The quantitative estimate of drug-likeness (QED) is 0.773. The van der Waals surface area contributed by atoms with Crippen molar-refractivity contribution in [3.8, 4) is 10.9 Å². The maximum Gasteiger partial charge on any atom is 0.280 e. The second-order valence-electron chi connectivity index (χ2n) is 2.77. The Morgan fingerprint density at radius 3 is 2.88 bits per heavy atom. The van der Waals surface area contributed by atoms with Crippen molar-refractivity contribution in [1.29, 1.82) is 0 Å². The second kappa shape index (κ2) is 5.31. The van der Waals surface area contributed by atoms with Crippen molar-refractivity contribution in [3.63, 3.8) is 0 Å². The van der Waals surface area contributed by atoms with E-state index < -0.39 is 0 Å². The van der Waals surface area contributed by atoms with Gasteiger partial charge in [-0.1, -0.05) is 22.9 Å². The van der Waals surface area contributed by atoms with Gasteiger partial charge in [0.15, 0.2) is 0 Å². The number of thiazole rings is 1. The average Bonchev–Trinajstić information content (AvgIpc) is 2.58. The van der Waals surface area contributed by atoms with Gasteiger partial charge in [-0.15, -0.1) is 11.6 Å². The Kier molecular flexibility index (Phi) is 4.02. The third-order valence-electron chi connectivity index (χ3n) is 1.64. The van der Waals surface area contributed by atoms with Gasteiger partial charge in [-0.25, -0.2) is 0 Å². The van der Waals surface area contributed by atoms with E-state index in [1.54, 1.807) is 18.5 Å². The zero-order valence-corrected chi connectivity index (χ0v) is 11.7. The fraction of sp³-hybridized carbons (Fsp3) is 0.111. The van der Waals surface area contributed by atoms with Gasteiger partial charge in [-0.05, 0) is 22.0 Å². The highest BCUT2D eigenvalue weighted by atomic mass is 79.9. The molecule has 0 atom stereocenters. The van der Waals surface area contributed by atoms with E-state index in [0.29, 0.717) is 22.0 Å². The minimum Gasteiger partial charge on any atom is -0.429 e. The lowest BCUT2D eigenvalue weighted by atomic mass is 10.5. The van der Waals surface area contributed by atoms with E-state index in [2.05, 4.69) is 25.9 Å². The van der Waals surface area contributed by atoms with Gasteiger partial charge in [0.25, 0.3) is 5.19 Å². The molecule has 0 saturated carbocycles.